The second-order valence-electron chi connectivity index (χ2n) is 4.24. The van der Waals surface area contributed by atoms with E-state index in [1.807, 2.05) is 0 Å². The van der Waals surface area contributed by atoms with Gasteiger partial charge in [-0.3, -0.25) is 0 Å². The summed E-state index contributed by atoms with van der Waals surface area (Å²) in [6.07, 6.45) is 5.62. The maximum atomic E-state index is 5.79. The predicted molar refractivity (Wildman–Crippen MR) is 71.6 cm³/mol. The Labute approximate surface area is 106 Å². The molecule has 0 fully saturated rings. The zero-order chi connectivity index (χ0) is 11.6. The van der Waals surface area contributed by atoms with Crippen LogP contribution in [0.4, 0.5) is 0 Å². The zero-order valence-electron chi connectivity index (χ0n) is 9.79. The molecule has 1 aliphatic carbocycles. The normalized spacial score (nSPS) is 23.1. The van der Waals surface area contributed by atoms with Gasteiger partial charge in [0.1, 0.15) is 5.60 Å². The van der Waals surface area contributed by atoms with E-state index < -0.39 is 0 Å². The summed E-state index contributed by atoms with van der Waals surface area (Å²) in [5, 5.41) is 0. The number of rotatable bonds is 4. The van der Waals surface area contributed by atoms with E-state index in [-0.39, 0.29) is 5.60 Å². The molecular formula is C14H17BrO. The van der Waals surface area contributed by atoms with E-state index in [2.05, 4.69) is 53.2 Å². The smallest absolute Gasteiger partial charge is 0.113 e. The van der Waals surface area contributed by atoms with Crippen molar-refractivity contribution in [2.24, 2.45) is 0 Å². The Morgan fingerprint density at radius 2 is 2.06 bits per heavy atom. The number of benzene rings is 1. The molecule has 0 amide bonds. The molecule has 1 aromatic carbocycles. The van der Waals surface area contributed by atoms with Crippen LogP contribution in [0.25, 0.3) is 4.48 Å². The summed E-state index contributed by atoms with van der Waals surface area (Å²) < 4.78 is 6.95. The van der Waals surface area contributed by atoms with Crippen molar-refractivity contribution < 1.29 is 4.74 Å². The Bertz CT molecular complexity index is 411. The van der Waals surface area contributed by atoms with Gasteiger partial charge in [-0.25, -0.2) is 0 Å². The summed E-state index contributed by atoms with van der Waals surface area (Å²) in [4.78, 5) is 0. The van der Waals surface area contributed by atoms with Crippen LogP contribution in [0.2, 0.25) is 0 Å². The van der Waals surface area contributed by atoms with Crippen LogP contribution in [0.3, 0.4) is 0 Å². The molecular weight excluding hydrogens is 264 g/mol. The minimum absolute atomic E-state index is 0.217. The van der Waals surface area contributed by atoms with Gasteiger partial charge in [0.2, 0.25) is 0 Å². The average molecular weight is 281 g/mol. The molecule has 0 spiro atoms. The van der Waals surface area contributed by atoms with Crippen molar-refractivity contribution in [2.45, 2.75) is 31.8 Å². The number of unbranched alkanes of at least 4 members (excludes halogenated alkanes) is 1. The van der Waals surface area contributed by atoms with Crippen LogP contribution in [0.5, 0.6) is 0 Å². The highest BCUT2D eigenvalue weighted by Gasteiger charge is 2.36. The Morgan fingerprint density at radius 3 is 2.75 bits per heavy atom. The molecule has 0 aromatic heterocycles. The van der Waals surface area contributed by atoms with E-state index >= 15 is 0 Å². The number of fused-ring (bicyclic) bond motifs is 1. The maximum Gasteiger partial charge on any atom is 0.113 e. The molecule has 1 atom stereocenters. The summed E-state index contributed by atoms with van der Waals surface area (Å²) in [5.41, 5.74) is 2.34. The lowest BCUT2D eigenvalue weighted by Crippen LogP contribution is -2.24. The topological polar surface area (TPSA) is 9.23 Å². The molecule has 0 bridgehead atoms. The molecule has 0 saturated carbocycles. The second-order valence-corrected chi connectivity index (χ2v) is 5.09. The summed E-state index contributed by atoms with van der Waals surface area (Å²) in [5.74, 6) is 0. The summed E-state index contributed by atoms with van der Waals surface area (Å²) in [7, 11) is 1.80. The van der Waals surface area contributed by atoms with Crippen molar-refractivity contribution in [2.75, 3.05) is 7.11 Å². The fourth-order valence-corrected chi connectivity index (χ4v) is 3.05. The maximum absolute atomic E-state index is 5.79. The quantitative estimate of drug-likeness (QED) is 0.791. The lowest BCUT2D eigenvalue weighted by Gasteiger charge is -2.27. The molecule has 0 N–H and O–H groups in total. The number of hydrogen-bond acceptors (Lipinski definition) is 1. The molecule has 2 heteroatoms. The Hall–Kier alpha value is -0.600. The first-order chi connectivity index (χ1) is 7.73. The summed E-state index contributed by atoms with van der Waals surface area (Å²) >= 11 is 3.63. The van der Waals surface area contributed by atoms with Gasteiger partial charge in [-0.2, -0.15) is 0 Å². The largest absolute Gasteiger partial charge is 0.369 e. The molecule has 86 valence electrons. The minimum atomic E-state index is -0.217. The van der Waals surface area contributed by atoms with Gasteiger partial charge < -0.3 is 4.74 Å². The minimum Gasteiger partial charge on any atom is -0.369 e. The molecule has 0 heterocycles. The lowest BCUT2D eigenvalue weighted by molar-refractivity contribution is 0.0224. The summed E-state index contributed by atoms with van der Waals surface area (Å²) in [6, 6.07) is 8.46. The first-order valence-electron chi connectivity index (χ1n) is 5.77. The van der Waals surface area contributed by atoms with Crippen molar-refractivity contribution in [3.8, 4) is 0 Å². The zero-order valence-corrected chi connectivity index (χ0v) is 11.4. The SMILES string of the molecule is CCCC[C@]1(OC)C=C(Br)c2ccccc21. The predicted octanol–water partition coefficient (Wildman–Crippen LogP) is 4.47. The number of halogens is 1. The number of ether oxygens (including phenoxy) is 1. The molecule has 1 aromatic rings. The van der Waals surface area contributed by atoms with Gasteiger partial charge in [0.05, 0.1) is 0 Å². The first kappa shape index (κ1) is 11.9. The second kappa shape index (κ2) is 4.72. The van der Waals surface area contributed by atoms with Crippen molar-refractivity contribution in [3.05, 3.63) is 41.5 Å². The summed E-state index contributed by atoms with van der Waals surface area (Å²) in [6.45, 7) is 2.21. The molecule has 0 saturated heterocycles. The fourth-order valence-electron chi connectivity index (χ4n) is 2.34. The van der Waals surface area contributed by atoms with Gasteiger partial charge in [0.25, 0.3) is 0 Å². The van der Waals surface area contributed by atoms with E-state index in [9.17, 15) is 0 Å². The van der Waals surface area contributed by atoms with E-state index in [1.165, 1.54) is 24.0 Å². The Balaban J connectivity index is 2.42. The first-order valence-corrected chi connectivity index (χ1v) is 6.56. The van der Waals surface area contributed by atoms with Gasteiger partial charge in [-0.15, -0.1) is 0 Å². The van der Waals surface area contributed by atoms with Gasteiger partial charge in [0, 0.05) is 11.6 Å². The van der Waals surface area contributed by atoms with Gasteiger partial charge >= 0.3 is 0 Å². The molecule has 1 nitrogen and oxygen atoms in total. The van der Waals surface area contributed by atoms with Gasteiger partial charge in [-0.1, -0.05) is 60.0 Å². The van der Waals surface area contributed by atoms with Crippen LogP contribution in [-0.2, 0) is 10.3 Å². The molecule has 2 rings (SSSR count). The van der Waals surface area contributed by atoms with Crippen LogP contribution in [0.1, 0.15) is 37.3 Å². The van der Waals surface area contributed by atoms with E-state index in [1.54, 1.807) is 7.11 Å². The van der Waals surface area contributed by atoms with Crippen LogP contribution in [0.15, 0.2) is 30.3 Å². The third-order valence-electron chi connectivity index (χ3n) is 3.27. The van der Waals surface area contributed by atoms with E-state index in [0.717, 1.165) is 10.9 Å². The van der Waals surface area contributed by atoms with Crippen LogP contribution < -0.4 is 0 Å². The molecule has 16 heavy (non-hydrogen) atoms. The monoisotopic (exact) mass is 280 g/mol. The van der Waals surface area contributed by atoms with Gasteiger partial charge in [-0.05, 0) is 23.6 Å². The highest BCUT2D eigenvalue weighted by Crippen LogP contribution is 2.46. The van der Waals surface area contributed by atoms with Crippen LogP contribution in [-0.4, -0.2) is 7.11 Å². The van der Waals surface area contributed by atoms with E-state index in [4.69, 9.17) is 4.74 Å². The fraction of sp³-hybridized carbons (Fsp3) is 0.429. The Kier molecular flexibility index (Phi) is 3.50. The number of methoxy groups -OCH3 is 1. The van der Waals surface area contributed by atoms with E-state index in [0.29, 0.717) is 0 Å². The van der Waals surface area contributed by atoms with Crippen molar-refractivity contribution in [1.29, 1.82) is 0 Å². The van der Waals surface area contributed by atoms with Crippen LogP contribution in [0, 0.1) is 0 Å². The third-order valence-corrected chi connectivity index (χ3v) is 3.92. The van der Waals surface area contributed by atoms with Crippen molar-refractivity contribution >= 4 is 20.4 Å². The number of hydrogen-bond donors (Lipinski definition) is 0. The molecule has 0 unspecified atom stereocenters. The molecule has 0 radical (unpaired) electrons. The lowest BCUT2D eigenvalue weighted by atomic mass is 9.90. The van der Waals surface area contributed by atoms with Crippen molar-refractivity contribution in [3.63, 3.8) is 0 Å². The molecule has 0 aliphatic heterocycles. The third kappa shape index (κ3) is 1.85. The van der Waals surface area contributed by atoms with Crippen LogP contribution >= 0.6 is 15.9 Å². The average Bonchev–Trinajstić information content (AvgIpc) is 2.62. The highest BCUT2D eigenvalue weighted by molar-refractivity contribution is 9.15. The highest BCUT2D eigenvalue weighted by atomic mass is 79.9. The van der Waals surface area contributed by atoms with Gasteiger partial charge in [0.15, 0.2) is 0 Å². The standard InChI is InChI=1S/C14H17BrO/c1-3-4-9-14(16-2)10-13(15)11-7-5-6-8-12(11)14/h5-8,10H,3-4,9H2,1-2H3/t14-/m0/s1. The van der Waals surface area contributed by atoms with Crippen molar-refractivity contribution in [1.82, 2.24) is 0 Å². The molecule has 1 aliphatic rings. The Morgan fingerprint density at radius 1 is 1.31 bits per heavy atom.